The van der Waals surface area contributed by atoms with Crippen molar-refractivity contribution in [3.05, 3.63) is 46.9 Å². The molecular formula is C20H22N6O3. The monoisotopic (exact) mass is 394 g/mol. The zero-order chi connectivity index (χ0) is 20.7. The van der Waals surface area contributed by atoms with Gasteiger partial charge in [-0.15, -0.1) is 0 Å². The van der Waals surface area contributed by atoms with Crippen molar-refractivity contribution in [3.8, 4) is 17.0 Å². The summed E-state index contributed by atoms with van der Waals surface area (Å²) in [7, 11) is 1.87. The van der Waals surface area contributed by atoms with E-state index in [4.69, 9.17) is 4.74 Å². The molecule has 0 saturated heterocycles. The van der Waals surface area contributed by atoms with Crippen LogP contribution in [-0.2, 0) is 11.8 Å². The molecule has 3 aromatic rings. The van der Waals surface area contributed by atoms with Crippen LogP contribution in [0, 0.1) is 13.8 Å². The lowest BCUT2D eigenvalue weighted by Crippen LogP contribution is -2.28. The number of aryl methyl sites for hydroxylation is 2. The summed E-state index contributed by atoms with van der Waals surface area (Å²) in [5, 5.41) is 17.2. The van der Waals surface area contributed by atoms with Gasteiger partial charge in [0, 0.05) is 18.3 Å². The maximum atomic E-state index is 12.7. The number of benzene rings is 1. The molecule has 3 N–H and O–H groups in total. The van der Waals surface area contributed by atoms with Gasteiger partial charge in [-0.2, -0.15) is 10.2 Å². The lowest BCUT2D eigenvalue weighted by Gasteiger charge is -2.20. The maximum Gasteiger partial charge on any atom is 0.269 e. The summed E-state index contributed by atoms with van der Waals surface area (Å²) in [6.45, 7) is 5.76. The van der Waals surface area contributed by atoms with E-state index < -0.39 is 0 Å². The number of anilines is 1. The molecule has 1 aliphatic heterocycles. The van der Waals surface area contributed by atoms with E-state index in [0.717, 1.165) is 22.5 Å². The molecule has 0 fully saturated rings. The van der Waals surface area contributed by atoms with E-state index >= 15 is 0 Å². The molecule has 1 aromatic carbocycles. The summed E-state index contributed by atoms with van der Waals surface area (Å²) < 4.78 is 7.16. The zero-order valence-corrected chi connectivity index (χ0v) is 16.7. The molecule has 0 bridgehead atoms. The van der Waals surface area contributed by atoms with Crippen LogP contribution in [0.5, 0.6) is 5.75 Å². The number of carbonyl (C=O) groups excluding carboxylic acids is 2. The highest BCUT2D eigenvalue weighted by molar-refractivity contribution is 5.96. The summed E-state index contributed by atoms with van der Waals surface area (Å²) in [5.41, 5.74) is 5.25. The quantitative estimate of drug-likeness (QED) is 0.628. The molecule has 2 amide bonds. The van der Waals surface area contributed by atoms with Gasteiger partial charge in [0.05, 0.1) is 23.1 Å². The number of hydrogen-bond donors (Lipinski definition) is 3. The molecule has 9 nitrogen and oxygen atoms in total. The molecule has 0 spiro atoms. The number of aromatic amines is 1. The van der Waals surface area contributed by atoms with Crippen molar-refractivity contribution in [2.75, 3.05) is 11.9 Å². The predicted molar refractivity (Wildman–Crippen MR) is 107 cm³/mol. The highest BCUT2D eigenvalue weighted by Crippen LogP contribution is 2.30. The van der Waals surface area contributed by atoms with Crippen LogP contribution in [0.4, 0.5) is 5.69 Å². The Morgan fingerprint density at radius 1 is 1.31 bits per heavy atom. The highest BCUT2D eigenvalue weighted by Gasteiger charge is 2.20. The fourth-order valence-corrected chi connectivity index (χ4v) is 3.44. The second kappa shape index (κ2) is 7.08. The SMILES string of the molecule is Cc1nn(C)c(C)c1-c1cc(C(=O)NC(C)c2ccc3c(c2)NC(=O)CO3)[nH]n1. The Morgan fingerprint density at radius 3 is 2.83 bits per heavy atom. The number of H-pyrrole nitrogens is 1. The number of ether oxygens (including phenoxy) is 1. The molecule has 29 heavy (non-hydrogen) atoms. The van der Waals surface area contributed by atoms with Gasteiger partial charge < -0.3 is 15.4 Å². The number of rotatable bonds is 4. The van der Waals surface area contributed by atoms with E-state index in [1.165, 1.54) is 0 Å². The number of amides is 2. The minimum Gasteiger partial charge on any atom is -0.482 e. The number of nitrogens with zero attached hydrogens (tertiary/aromatic N) is 3. The first kappa shape index (κ1) is 18.7. The molecule has 0 aliphatic carbocycles. The Labute approximate surface area is 167 Å². The van der Waals surface area contributed by atoms with Crippen molar-refractivity contribution in [2.24, 2.45) is 7.05 Å². The molecule has 1 aliphatic rings. The van der Waals surface area contributed by atoms with Crippen LogP contribution in [0.1, 0.15) is 40.4 Å². The van der Waals surface area contributed by atoms with Crippen LogP contribution < -0.4 is 15.4 Å². The second-order valence-electron chi connectivity index (χ2n) is 7.12. The number of hydrogen-bond acceptors (Lipinski definition) is 5. The minimum absolute atomic E-state index is 0.0106. The largest absolute Gasteiger partial charge is 0.482 e. The third-order valence-corrected chi connectivity index (χ3v) is 5.07. The molecule has 1 atom stereocenters. The number of carbonyl (C=O) groups is 2. The normalized spacial score (nSPS) is 14.0. The van der Waals surface area contributed by atoms with Gasteiger partial charge >= 0.3 is 0 Å². The van der Waals surface area contributed by atoms with E-state index in [1.54, 1.807) is 22.9 Å². The zero-order valence-electron chi connectivity index (χ0n) is 16.7. The van der Waals surface area contributed by atoms with Crippen molar-refractivity contribution in [3.63, 3.8) is 0 Å². The van der Waals surface area contributed by atoms with Crippen LogP contribution in [-0.4, -0.2) is 38.4 Å². The number of aromatic nitrogens is 4. The van der Waals surface area contributed by atoms with E-state index in [-0.39, 0.29) is 24.5 Å². The van der Waals surface area contributed by atoms with Crippen molar-refractivity contribution < 1.29 is 14.3 Å². The lowest BCUT2D eigenvalue weighted by atomic mass is 10.1. The smallest absolute Gasteiger partial charge is 0.269 e. The second-order valence-corrected chi connectivity index (χ2v) is 7.12. The molecule has 1 unspecified atom stereocenters. The van der Waals surface area contributed by atoms with Gasteiger partial charge in [-0.05, 0) is 44.5 Å². The highest BCUT2D eigenvalue weighted by atomic mass is 16.5. The van der Waals surface area contributed by atoms with Gasteiger partial charge in [0.15, 0.2) is 6.61 Å². The minimum atomic E-state index is -0.278. The third kappa shape index (κ3) is 3.46. The predicted octanol–water partition coefficient (Wildman–Crippen LogP) is 2.25. The Bertz CT molecular complexity index is 1110. The summed E-state index contributed by atoms with van der Waals surface area (Å²) >= 11 is 0. The van der Waals surface area contributed by atoms with Gasteiger partial charge in [0.1, 0.15) is 11.4 Å². The summed E-state index contributed by atoms with van der Waals surface area (Å²) in [6.07, 6.45) is 0. The van der Waals surface area contributed by atoms with Gasteiger partial charge in [-0.3, -0.25) is 19.4 Å². The molecule has 4 rings (SSSR count). The van der Waals surface area contributed by atoms with Crippen molar-refractivity contribution in [1.29, 1.82) is 0 Å². The van der Waals surface area contributed by atoms with E-state index in [9.17, 15) is 9.59 Å². The van der Waals surface area contributed by atoms with Crippen LogP contribution in [0.15, 0.2) is 24.3 Å². The molecule has 3 heterocycles. The van der Waals surface area contributed by atoms with Crippen molar-refractivity contribution in [2.45, 2.75) is 26.8 Å². The molecule has 0 radical (unpaired) electrons. The van der Waals surface area contributed by atoms with Crippen LogP contribution in [0.2, 0.25) is 0 Å². The summed E-state index contributed by atoms with van der Waals surface area (Å²) in [4.78, 5) is 24.2. The number of fused-ring (bicyclic) bond motifs is 1. The van der Waals surface area contributed by atoms with Crippen LogP contribution in [0.3, 0.4) is 0 Å². The van der Waals surface area contributed by atoms with E-state index in [0.29, 0.717) is 22.8 Å². The van der Waals surface area contributed by atoms with Crippen LogP contribution in [0.25, 0.3) is 11.3 Å². The summed E-state index contributed by atoms with van der Waals surface area (Å²) in [6, 6.07) is 6.90. The Kier molecular flexibility index (Phi) is 4.57. The first-order valence-corrected chi connectivity index (χ1v) is 9.27. The fourth-order valence-electron chi connectivity index (χ4n) is 3.44. The number of nitrogens with one attached hydrogen (secondary N) is 3. The van der Waals surface area contributed by atoms with Gasteiger partial charge in [-0.1, -0.05) is 6.07 Å². The van der Waals surface area contributed by atoms with Gasteiger partial charge in [0.25, 0.3) is 11.8 Å². The standard InChI is InChI=1S/C20H22N6O3/c1-10(13-5-6-17-14(7-13)22-18(27)9-29-17)21-20(28)16-8-15(23-24-16)19-11(2)25-26(4)12(19)3/h5-8,10H,9H2,1-4H3,(H,21,28)(H,22,27)(H,23,24). The van der Waals surface area contributed by atoms with Crippen molar-refractivity contribution in [1.82, 2.24) is 25.3 Å². The van der Waals surface area contributed by atoms with Gasteiger partial charge in [-0.25, -0.2) is 0 Å². The molecule has 2 aromatic heterocycles. The molecule has 150 valence electrons. The Balaban J connectivity index is 1.51. The Hall–Kier alpha value is -3.62. The van der Waals surface area contributed by atoms with Crippen molar-refractivity contribution >= 4 is 17.5 Å². The Morgan fingerprint density at radius 2 is 2.10 bits per heavy atom. The first-order valence-electron chi connectivity index (χ1n) is 9.27. The van der Waals surface area contributed by atoms with E-state index in [2.05, 4.69) is 25.9 Å². The third-order valence-electron chi connectivity index (χ3n) is 5.07. The average molecular weight is 394 g/mol. The average Bonchev–Trinajstić information content (AvgIpc) is 3.25. The molecule has 9 heteroatoms. The topological polar surface area (TPSA) is 114 Å². The first-order chi connectivity index (χ1) is 13.8. The fraction of sp³-hybridized carbons (Fsp3) is 0.300. The summed E-state index contributed by atoms with van der Waals surface area (Å²) in [5.74, 6) is 0.151. The maximum absolute atomic E-state index is 12.7. The lowest BCUT2D eigenvalue weighted by molar-refractivity contribution is -0.118. The van der Waals surface area contributed by atoms with Crippen LogP contribution >= 0.6 is 0 Å². The molecule has 0 saturated carbocycles. The molecular weight excluding hydrogens is 372 g/mol. The van der Waals surface area contributed by atoms with Gasteiger partial charge in [0.2, 0.25) is 0 Å². The van der Waals surface area contributed by atoms with E-state index in [1.807, 2.05) is 33.9 Å².